The van der Waals surface area contributed by atoms with Gasteiger partial charge in [-0.15, -0.1) is 0 Å². The molecular formula is C15H13Cl2N3O3. The quantitative estimate of drug-likeness (QED) is 0.470. The number of hydrogen-bond acceptors (Lipinski definition) is 4. The highest BCUT2D eigenvalue weighted by molar-refractivity contribution is 6.33. The predicted octanol–water partition coefficient (Wildman–Crippen LogP) is 3.74. The van der Waals surface area contributed by atoms with E-state index >= 15 is 0 Å². The summed E-state index contributed by atoms with van der Waals surface area (Å²) in [6.07, 6.45) is 0. The average Bonchev–Trinajstić information content (AvgIpc) is 2.52. The average molecular weight is 354 g/mol. The maximum atomic E-state index is 11.9. The van der Waals surface area contributed by atoms with Gasteiger partial charge < -0.3 is 10.6 Å². The Hall–Kier alpha value is -2.31. The molecule has 0 aliphatic carbocycles. The van der Waals surface area contributed by atoms with Gasteiger partial charge in [0.25, 0.3) is 11.6 Å². The number of nitro benzene ring substituents is 1. The lowest BCUT2D eigenvalue weighted by atomic mass is 10.2. The number of nitro groups is 1. The molecule has 2 rings (SSSR count). The van der Waals surface area contributed by atoms with E-state index in [1.54, 1.807) is 24.3 Å². The van der Waals surface area contributed by atoms with Crippen LogP contribution in [-0.4, -0.2) is 23.9 Å². The predicted molar refractivity (Wildman–Crippen MR) is 90.4 cm³/mol. The van der Waals surface area contributed by atoms with E-state index in [0.717, 1.165) is 0 Å². The van der Waals surface area contributed by atoms with E-state index in [0.29, 0.717) is 29.4 Å². The molecule has 2 aromatic rings. The summed E-state index contributed by atoms with van der Waals surface area (Å²) in [4.78, 5) is 22.0. The SMILES string of the molecule is O=C(NCCNc1ccc([N+](=O)[O-])cc1Cl)c1cccc(Cl)c1. The standard InChI is InChI=1S/C15H13Cl2N3O3/c16-11-3-1-2-10(8-11)15(21)19-7-6-18-14-5-4-12(20(22)23)9-13(14)17/h1-5,8-9,18H,6-7H2,(H,19,21). The second kappa shape index (κ2) is 7.80. The number of non-ortho nitro benzene ring substituents is 1. The van der Waals surface area contributed by atoms with Crippen molar-refractivity contribution in [2.45, 2.75) is 0 Å². The van der Waals surface area contributed by atoms with Gasteiger partial charge in [0.2, 0.25) is 0 Å². The minimum absolute atomic E-state index is 0.0743. The first-order valence-electron chi connectivity index (χ1n) is 6.69. The Bertz CT molecular complexity index is 738. The number of anilines is 1. The van der Waals surface area contributed by atoms with Crippen LogP contribution in [0.3, 0.4) is 0 Å². The van der Waals surface area contributed by atoms with Crippen LogP contribution in [0.5, 0.6) is 0 Å². The minimum atomic E-state index is -0.513. The van der Waals surface area contributed by atoms with Crippen molar-refractivity contribution in [3.05, 3.63) is 68.2 Å². The van der Waals surface area contributed by atoms with Gasteiger partial charge in [-0.2, -0.15) is 0 Å². The molecule has 0 heterocycles. The van der Waals surface area contributed by atoms with E-state index in [9.17, 15) is 14.9 Å². The summed E-state index contributed by atoms with van der Waals surface area (Å²) in [5, 5.41) is 17.1. The van der Waals surface area contributed by atoms with Crippen LogP contribution in [0, 0.1) is 10.1 Å². The highest BCUT2D eigenvalue weighted by Gasteiger charge is 2.09. The van der Waals surface area contributed by atoms with Crippen molar-refractivity contribution in [2.24, 2.45) is 0 Å². The third-order valence-corrected chi connectivity index (χ3v) is 3.52. The fraction of sp³-hybridized carbons (Fsp3) is 0.133. The maximum Gasteiger partial charge on any atom is 0.271 e. The molecule has 0 atom stereocenters. The Labute approximate surface area is 142 Å². The van der Waals surface area contributed by atoms with Crippen LogP contribution >= 0.6 is 23.2 Å². The molecule has 0 fully saturated rings. The molecule has 0 spiro atoms. The van der Waals surface area contributed by atoms with E-state index in [4.69, 9.17) is 23.2 Å². The number of halogens is 2. The molecule has 1 amide bonds. The molecule has 0 aliphatic rings. The first-order valence-corrected chi connectivity index (χ1v) is 7.44. The zero-order valence-electron chi connectivity index (χ0n) is 11.9. The Morgan fingerprint density at radius 3 is 2.57 bits per heavy atom. The van der Waals surface area contributed by atoms with Crippen molar-refractivity contribution in [1.82, 2.24) is 5.32 Å². The van der Waals surface area contributed by atoms with Gasteiger partial charge in [-0.05, 0) is 24.3 Å². The van der Waals surface area contributed by atoms with E-state index in [2.05, 4.69) is 10.6 Å². The molecule has 0 unspecified atom stereocenters. The summed E-state index contributed by atoms with van der Waals surface area (Å²) in [6, 6.07) is 10.8. The summed E-state index contributed by atoms with van der Waals surface area (Å²) in [5.74, 6) is -0.232. The Morgan fingerprint density at radius 1 is 1.13 bits per heavy atom. The summed E-state index contributed by atoms with van der Waals surface area (Å²) < 4.78 is 0. The van der Waals surface area contributed by atoms with Crippen molar-refractivity contribution >= 4 is 40.5 Å². The smallest absolute Gasteiger partial charge is 0.271 e. The fourth-order valence-electron chi connectivity index (χ4n) is 1.87. The summed E-state index contributed by atoms with van der Waals surface area (Å²) >= 11 is 11.8. The van der Waals surface area contributed by atoms with Gasteiger partial charge in [-0.1, -0.05) is 29.3 Å². The number of carbonyl (C=O) groups is 1. The van der Waals surface area contributed by atoms with E-state index in [-0.39, 0.29) is 16.6 Å². The molecule has 0 bridgehead atoms. The molecule has 0 radical (unpaired) electrons. The monoisotopic (exact) mass is 353 g/mol. The number of hydrogen-bond donors (Lipinski definition) is 2. The van der Waals surface area contributed by atoms with Gasteiger partial charge in [0.05, 0.1) is 15.6 Å². The van der Waals surface area contributed by atoms with Crippen LogP contribution < -0.4 is 10.6 Å². The third-order valence-electron chi connectivity index (χ3n) is 2.98. The number of benzene rings is 2. The molecule has 0 saturated carbocycles. The lowest BCUT2D eigenvalue weighted by molar-refractivity contribution is -0.384. The van der Waals surface area contributed by atoms with Gasteiger partial charge in [-0.25, -0.2) is 0 Å². The second-order valence-electron chi connectivity index (χ2n) is 4.61. The zero-order chi connectivity index (χ0) is 16.8. The van der Waals surface area contributed by atoms with Crippen LogP contribution in [-0.2, 0) is 0 Å². The normalized spacial score (nSPS) is 10.2. The Kier molecular flexibility index (Phi) is 5.78. The van der Waals surface area contributed by atoms with E-state index in [1.165, 1.54) is 18.2 Å². The minimum Gasteiger partial charge on any atom is -0.382 e. The van der Waals surface area contributed by atoms with Gasteiger partial charge in [0, 0.05) is 35.8 Å². The molecular weight excluding hydrogens is 341 g/mol. The number of rotatable bonds is 6. The molecule has 23 heavy (non-hydrogen) atoms. The topological polar surface area (TPSA) is 84.3 Å². The van der Waals surface area contributed by atoms with Crippen LogP contribution in [0.2, 0.25) is 10.0 Å². The summed E-state index contributed by atoms with van der Waals surface area (Å²) in [7, 11) is 0. The molecule has 0 aliphatic heterocycles. The number of nitrogens with one attached hydrogen (secondary N) is 2. The van der Waals surface area contributed by atoms with Crippen LogP contribution in [0.4, 0.5) is 11.4 Å². The molecule has 2 aromatic carbocycles. The summed E-state index contributed by atoms with van der Waals surface area (Å²) in [6.45, 7) is 0.780. The molecule has 6 nitrogen and oxygen atoms in total. The van der Waals surface area contributed by atoms with Crippen molar-refractivity contribution < 1.29 is 9.72 Å². The van der Waals surface area contributed by atoms with E-state index < -0.39 is 4.92 Å². The molecule has 0 saturated heterocycles. The Balaban J connectivity index is 1.83. The first-order chi connectivity index (χ1) is 11.0. The van der Waals surface area contributed by atoms with Crippen molar-refractivity contribution in [2.75, 3.05) is 18.4 Å². The summed E-state index contributed by atoms with van der Waals surface area (Å²) in [5.41, 5.74) is 0.968. The number of amides is 1. The highest BCUT2D eigenvalue weighted by atomic mass is 35.5. The fourth-order valence-corrected chi connectivity index (χ4v) is 2.30. The lowest BCUT2D eigenvalue weighted by Gasteiger charge is -2.09. The Morgan fingerprint density at radius 2 is 1.91 bits per heavy atom. The third kappa shape index (κ3) is 4.84. The van der Waals surface area contributed by atoms with Gasteiger partial charge in [0.15, 0.2) is 0 Å². The van der Waals surface area contributed by atoms with Crippen LogP contribution in [0.15, 0.2) is 42.5 Å². The van der Waals surface area contributed by atoms with Crippen molar-refractivity contribution in [3.63, 3.8) is 0 Å². The zero-order valence-corrected chi connectivity index (χ0v) is 13.4. The number of nitrogens with zero attached hydrogens (tertiary/aromatic N) is 1. The highest BCUT2D eigenvalue weighted by Crippen LogP contribution is 2.26. The number of carbonyl (C=O) groups excluding carboxylic acids is 1. The second-order valence-corrected chi connectivity index (χ2v) is 5.46. The van der Waals surface area contributed by atoms with Crippen molar-refractivity contribution in [3.8, 4) is 0 Å². The molecule has 8 heteroatoms. The van der Waals surface area contributed by atoms with E-state index in [1.807, 2.05) is 0 Å². The van der Waals surface area contributed by atoms with Crippen LogP contribution in [0.1, 0.15) is 10.4 Å². The molecule has 120 valence electrons. The first kappa shape index (κ1) is 17.1. The molecule has 0 aromatic heterocycles. The van der Waals surface area contributed by atoms with Crippen molar-refractivity contribution in [1.29, 1.82) is 0 Å². The van der Waals surface area contributed by atoms with Gasteiger partial charge >= 0.3 is 0 Å². The van der Waals surface area contributed by atoms with Gasteiger partial charge in [-0.3, -0.25) is 14.9 Å². The van der Waals surface area contributed by atoms with Crippen LogP contribution in [0.25, 0.3) is 0 Å². The largest absolute Gasteiger partial charge is 0.382 e. The maximum absolute atomic E-state index is 11.9. The molecule has 2 N–H and O–H groups in total. The van der Waals surface area contributed by atoms with Gasteiger partial charge in [0.1, 0.15) is 0 Å². The lowest BCUT2D eigenvalue weighted by Crippen LogP contribution is -2.28.